The molecule has 3 aromatic rings. The summed E-state index contributed by atoms with van der Waals surface area (Å²) < 4.78 is 13.4. The Bertz CT molecular complexity index is 1580. The van der Waals surface area contributed by atoms with Gasteiger partial charge in [-0.3, -0.25) is 9.48 Å². The van der Waals surface area contributed by atoms with Gasteiger partial charge >= 0.3 is 6.09 Å². The Morgan fingerprint density at radius 1 is 0.917 bits per heavy atom. The fourth-order valence-corrected chi connectivity index (χ4v) is 7.99. The van der Waals surface area contributed by atoms with Crippen LogP contribution in [0.25, 0.3) is 11.1 Å². The first-order chi connectivity index (χ1) is 23.4. The molecule has 3 aliphatic carbocycles. The average molecular weight is 655 g/mol. The maximum Gasteiger partial charge on any atom is 0.410 e. The van der Waals surface area contributed by atoms with Crippen LogP contribution in [0, 0.1) is 24.7 Å². The molecule has 0 atom stereocenters. The van der Waals surface area contributed by atoms with Crippen LogP contribution < -0.4 is 9.64 Å². The van der Waals surface area contributed by atoms with E-state index in [4.69, 9.17) is 9.47 Å². The van der Waals surface area contributed by atoms with Gasteiger partial charge in [0.25, 0.3) is 0 Å². The first kappa shape index (κ1) is 32.7. The maximum absolute atomic E-state index is 14.4. The van der Waals surface area contributed by atoms with Crippen molar-refractivity contribution in [1.29, 1.82) is 0 Å². The van der Waals surface area contributed by atoms with Gasteiger partial charge in [0, 0.05) is 55.5 Å². The third-order valence-electron chi connectivity index (χ3n) is 11.2. The Morgan fingerprint density at radius 2 is 1.69 bits per heavy atom. The molecule has 4 fully saturated rings. The van der Waals surface area contributed by atoms with Crippen molar-refractivity contribution < 1.29 is 24.2 Å². The molecule has 0 spiro atoms. The highest BCUT2D eigenvalue weighted by Gasteiger charge is 2.36. The lowest BCUT2D eigenvalue weighted by atomic mass is 9.78. The molecule has 1 aromatic heterocycles. The number of nitrogens with zero attached hydrogens (tertiary/aromatic N) is 4. The van der Waals surface area contributed by atoms with E-state index < -0.39 is 0 Å². The van der Waals surface area contributed by atoms with Gasteiger partial charge in [0.15, 0.2) is 0 Å². The van der Waals surface area contributed by atoms with Gasteiger partial charge < -0.3 is 24.4 Å². The normalized spacial score (nSPS) is 24.5. The number of aromatic nitrogens is 2. The number of hydrogen-bond donors (Lipinski definition) is 1. The van der Waals surface area contributed by atoms with Crippen LogP contribution in [0.1, 0.15) is 87.3 Å². The quantitative estimate of drug-likeness (QED) is 0.250. The van der Waals surface area contributed by atoms with Crippen LogP contribution in [0.5, 0.6) is 5.75 Å². The highest BCUT2D eigenvalue weighted by molar-refractivity contribution is 5.95. The van der Waals surface area contributed by atoms with E-state index >= 15 is 0 Å². The minimum Gasteiger partial charge on any atom is -0.496 e. The number of benzene rings is 2. The summed E-state index contributed by atoms with van der Waals surface area (Å²) >= 11 is 0. The van der Waals surface area contributed by atoms with Gasteiger partial charge in [-0.15, -0.1) is 0 Å². The molecule has 0 bridgehead atoms. The SMILES string of the molecule is COc1ccc(C2CCC(CN(C(=O)C3CCC(OC(=O)N4CC(CO)C4)CC3)c3cccc(-c4cnn(C5CC5)c4)c3)CC2)cc1C. The maximum atomic E-state index is 14.4. The number of ether oxygens (including phenoxy) is 2. The summed E-state index contributed by atoms with van der Waals surface area (Å²) in [6.07, 6.45) is 13.2. The molecule has 256 valence electrons. The van der Waals surface area contributed by atoms with Crippen molar-refractivity contribution in [3.8, 4) is 16.9 Å². The van der Waals surface area contributed by atoms with E-state index in [0.717, 1.165) is 48.2 Å². The molecular formula is C39H50N4O5. The molecule has 4 aliphatic rings. The van der Waals surface area contributed by atoms with Crippen molar-refractivity contribution in [3.05, 3.63) is 66.0 Å². The van der Waals surface area contributed by atoms with Crippen LogP contribution in [0.15, 0.2) is 54.9 Å². The van der Waals surface area contributed by atoms with Crippen molar-refractivity contribution in [2.24, 2.45) is 17.8 Å². The molecule has 9 heteroatoms. The standard InChI is InChI=1S/C39H50N4O5/c1-26-18-32(12-17-37(26)47-2)29-8-6-27(7-9-29)23-42(35-5-3-4-31(19-35)33-20-40-43(24-33)34-13-14-34)38(45)30-10-15-36(16-11-30)48-39(46)41-21-28(22-41)25-44/h3-5,12,17-20,24,27-30,34,36,44H,6-11,13-16,21-23,25H2,1-2H3. The molecule has 1 N–H and O–H groups in total. The van der Waals surface area contributed by atoms with Crippen molar-refractivity contribution in [3.63, 3.8) is 0 Å². The second kappa shape index (κ2) is 14.3. The van der Waals surface area contributed by atoms with E-state index in [0.29, 0.717) is 63.2 Å². The summed E-state index contributed by atoms with van der Waals surface area (Å²) in [7, 11) is 1.72. The summed E-state index contributed by atoms with van der Waals surface area (Å²) in [5, 5.41) is 13.9. The van der Waals surface area contributed by atoms with E-state index in [9.17, 15) is 14.7 Å². The topological polar surface area (TPSA) is 97.1 Å². The molecule has 2 amide bonds. The fourth-order valence-electron chi connectivity index (χ4n) is 7.99. The highest BCUT2D eigenvalue weighted by Crippen LogP contribution is 2.40. The smallest absolute Gasteiger partial charge is 0.410 e. The summed E-state index contributed by atoms with van der Waals surface area (Å²) in [6.45, 7) is 4.04. The zero-order chi connectivity index (χ0) is 33.2. The van der Waals surface area contributed by atoms with Gasteiger partial charge in [-0.1, -0.05) is 24.3 Å². The second-order valence-electron chi connectivity index (χ2n) is 14.7. The molecule has 0 radical (unpaired) electrons. The number of aliphatic hydroxyl groups is 1. The lowest BCUT2D eigenvalue weighted by Gasteiger charge is -2.39. The van der Waals surface area contributed by atoms with E-state index in [1.807, 2.05) is 6.20 Å². The van der Waals surface area contributed by atoms with Crippen molar-refractivity contribution in [1.82, 2.24) is 14.7 Å². The molecule has 3 saturated carbocycles. The fraction of sp³-hybridized carbons (Fsp3) is 0.564. The van der Waals surface area contributed by atoms with Gasteiger partial charge in [0.05, 0.1) is 19.3 Å². The van der Waals surface area contributed by atoms with E-state index in [2.05, 4.69) is 70.3 Å². The van der Waals surface area contributed by atoms with Gasteiger partial charge in [-0.05, 0) is 118 Å². The predicted octanol–water partition coefficient (Wildman–Crippen LogP) is 7.13. The molecule has 7 rings (SSSR count). The average Bonchev–Trinajstić information content (AvgIpc) is 3.82. The number of methoxy groups -OCH3 is 1. The minimum atomic E-state index is -0.293. The molecule has 1 saturated heterocycles. The van der Waals surface area contributed by atoms with Crippen LogP contribution in [-0.4, -0.2) is 71.2 Å². The number of anilines is 1. The van der Waals surface area contributed by atoms with E-state index in [1.165, 1.54) is 24.0 Å². The molecule has 2 heterocycles. The number of likely N-dealkylation sites (tertiary alicyclic amines) is 1. The van der Waals surface area contributed by atoms with Crippen molar-refractivity contribution >= 4 is 17.7 Å². The number of amides is 2. The Morgan fingerprint density at radius 3 is 2.38 bits per heavy atom. The molecule has 48 heavy (non-hydrogen) atoms. The monoisotopic (exact) mass is 654 g/mol. The Balaban J connectivity index is 1.03. The third kappa shape index (κ3) is 7.26. The summed E-state index contributed by atoms with van der Waals surface area (Å²) in [5.41, 5.74) is 5.69. The van der Waals surface area contributed by atoms with Gasteiger partial charge in [-0.25, -0.2) is 4.79 Å². The summed E-state index contributed by atoms with van der Waals surface area (Å²) in [4.78, 5) is 30.7. The number of aryl methyl sites for hydroxylation is 1. The molecule has 0 unspecified atom stereocenters. The largest absolute Gasteiger partial charge is 0.496 e. The lowest BCUT2D eigenvalue weighted by molar-refractivity contribution is -0.124. The third-order valence-corrected chi connectivity index (χ3v) is 11.2. The second-order valence-corrected chi connectivity index (χ2v) is 14.7. The van der Waals surface area contributed by atoms with Crippen molar-refractivity contribution in [2.45, 2.75) is 89.2 Å². The molecule has 9 nitrogen and oxygen atoms in total. The highest BCUT2D eigenvalue weighted by atomic mass is 16.6. The Labute approximate surface area is 284 Å². The molecule has 1 aliphatic heterocycles. The van der Waals surface area contributed by atoms with Crippen LogP contribution in [0.3, 0.4) is 0 Å². The first-order valence-electron chi connectivity index (χ1n) is 18.1. The Kier molecular flexibility index (Phi) is 9.76. The summed E-state index contributed by atoms with van der Waals surface area (Å²) in [5.74, 6) is 2.15. The van der Waals surface area contributed by atoms with E-state index in [-0.39, 0.29) is 36.5 Å². The Hall–Kier alpha value is -3.85. The predicted molar refractivity (Wildman–Crippen MR) is 185 cm³/mol. The number of carbonyl (C=O) groups is 2. The summed E-state index contributed by atoms with van der Waals surface area (Å²) in [6, 6.07) is 15.5. The van der Waals surface area contributed by atoms with Crippen LogP contribution >= 0.6 is 0 Å². The lowest BCUT2D eigenvalue weighted by Crippen LogP contribution is -2.52. The zero-order valence-corrected chi connectivity index (χ0v) is 28.4. The number of hydrogen-bond acceptors (Lipinski definition) is 6. The van der Waals surface area contributed by atoms with Gasteiger partial charge in [-0.2, -0.15) is 5.10 Å². The van der Waals surface area contributed by atoms with Crippen LogP contribution in [0.2, 0.25) is 0 Å². The van der Waals surface area contributed by atoms with Crippen molar-refractivity contribution in [2.75, 3.05) is 38.3 Å². The minimum absolute atomic E-state index is 0.0948. The molecule has 2 aromatic carbocycles. The number of rotatable bonds is 10. The zero-order valence-electron chi connectivity index (χ0n) is 28.4. The first-order valence-corrected chi connectivity index (χ1v) is 18.1. The van der Waals surface area contributed by atoms with Crippen LogP contribution in [0.4, 0.5) is 10.5 Å². The van der Waals surface area contributed by atoms with Gasteiger partial charge in [0.1, 0.15) is 11.9 Å². The number of aliphatic hydroxyl groups excluding tert-OH is 1. The number of carbonyl (C=O) groups excluding carboxylic acids is 2. The van der Waals surface area contributed by atoms with Gasteiger partial charge in [0.2, 0.25) is 5.91 Å². The van der Waals surface area contributed by atoms with Crippen LogP contribution in [-0.2, 0) is 9.53 Å². The molecular weight excluding hydrogens is 604 g/mol. The van der Waals surface area contributed by atoms with E-state index in [1.54, 1.807) is 12.0 Å².